The Morgan fingerprint density at radius 1 is 1.22 bits per heavy atom. The maximum atomic E-state index is 5.64. The van der Waals surface area contributed by atoms with Gasteiger partial charge in [0, 0.05) is 31.0 Å². The zero-order chi connectivity index (χ0) is 12.8. The summed E-state index contributed by atoms with van der Waals surface area (Å²) in [5.74, 6) is 0.878. The Balaban J connectivity index is 2.02. The van der Waals surface area contributed by atoms with Gasteiger partial charge in [0.05, 0.1) is 12.8 Å². The Bertz CT molecular complexity index is 467. The van der Waals surface area contributed by atoms with Crippen LogP contribution in [0, 0.1) is 0 Å². The molecule has 2 N–H and O–H groups in total. The number of furan rings is 1. The molecule has 0 saturated carbocycles. The summed E-state index contributed by atoms with van der Waals surface area (Å²) < 4.78 is 5.35. The van der Waals surface area contributed by atoms with E-state index >= 15 is 0 Å². The molecule has 0 fully saturated rings. The van der Waals surface area contributed by atoms with Crippen molar-refractivity contribution in [2.24, 2.45) is 5.73 Å². The fourth-order valence-electron chi connectivity index (χ4n) is 1.95. The van der Waals surface area contributed by atoms with E-state index in [4.69, 9.17) is 10.2 Å². The molecular weight excluding hydrogens is 226 g/mol. The van der Waals surface area contributed by atoms with Gasteiger partial charge in [0.2, 0.25) is 0 Å². The first-order valence-corrected chi connectivity index (χ1v) is 6.20. The van der Waals surface area contributed by atoms with E-state index in [1.54, 1.807) is 6.26 Å². The predicted molar refractivity (Wildman–Crippen MR) is 70.6 cm³/mol. The lowest BCUT2D eigenvalue weighted by atomic mass is 10.2. The molecule has 0 saturated heterocycles. The highest BCUT2D eigenvalue weighted by Crippen LogP contribution is 2.14. The average molecular weight is 245 g/mol. The summed E-state index contributed by atoms with van der Waals surface area (Å²) in [5.41, 5.74) is 8.09. The zero-order valence-electron chi connectivity index (χ0n) is 10.7. The fraction of sp³-hybridized carbons (Fsp3) is 0.357. The van der Waals surface area contributed by atoms with Crippen molar-refractivity contribution in [1.29, 1.82) is 0 Å². The number of rotatable bonds is 6. The maximum absolute atomic E-state index is 5.64. The second-order valence-corrected chi connectivity index (χ2v) is 4.23. The van der Waals surface area contributed by atoms with Crippen molar-refractivity contribution in [3.05, 3.63) is 53.7 Å². The molecule has 0 unspecified atom stereocenters. The molecule has 2 aromatic rings. The van der Waals surface area contributed by atoms with Gasteiger partial charge < -0.3 is 10.2 Å². The van der Waals surface area contributed by atoms with Crippen LogP contribution in [0.5, 0.6) is 0 Å². The lowest BCUT2D eigenvalue weighted by Crippen LogP contribution is -2.22. The largest absolute Gasteiger partial charge is 0.468 e. The normalized spacial score (nSPS) is 11.1. The van der Waals surface area contributed by atoms with Crippen molar-refractivity contribution in [2.45, 2.75) is 26.6 Å². The monoisotopic (exact) mass is 245 g/mol. The molecule has 4 heteroatoms. The molecule has 0 aliphatic rings. The number of hydrogen-bond acceptors (Lipinski definition) is 4. The summed E-state index contributed by atoms with van der Waals surface area (Å²) >= 11 is 0. The summed E-state index contributed by atoms with van der Waals surface area (Å²) in [7, 11) is 0. The second-order valence-electron chi connectivity index (χ2n) is 4.23. The van der Waals surface area contributed by atoms with Crippen molar-refractivity contribution in [1.82, 2.24) is 9.88 Å². The van der Waals surface area contributed by atoms with E-state index in [-0.39, 0.29) is 0 Å². The van der Waals surface area contributed by atoms with Crippen molar-refractivity contribution in [3.63, 3.8) is 0 Å². The van der Waals surface area contributed by atoms with Crippen molar-refractivity contribution in [2.75, 3.05) is 6.54 Å². The number of aromatic nitrogens is 1. The molecule has 2 heterocycles. The predicted octanol–water partition coefficient (Wildman–Crippen LogP) is 2.16. The second kappa shape index (κ2) is 6.33. The first kappa shape index (κ1) is 12.8. The van der Waals surface area contributed by atoms with Gasteiger partial charge in [-0.15, -0.1) is 0 Å². The van der Waals surface area contributed by atoms with Crippen LogP contribution in [0.2, 0.25) is 0 Å². The molecule has 0 aromatic carbocycles. The topological polar surface area (TPSA) is 55.3 Å². The fourth-order valence-corrected chi connectivity index (χ4v) is 1.95. The highest BCUT2D eigenvalue weighted by Gasteiger charge is 2.10. The van der Waals surface area contributed by atoms with Gasteiger partial charge in [0.1, 0.15) is 5.76 Å². The summed E-state index contributed by atoms with van der Waals surface area (Å²) in [6.45, 7) is 5.37. The summed E-state index contributed by atoms with van der Waals surface area (Å²) in [6.07, 6.45) is 5.36. The van der Waals surface area contributed by atoms with Crippen LogP contribution in [0.1, 0.15) is 23.8 Å². The molecule has 0 spiro atoms. The lowest BCUT2D eigenvalue weighted by molar-refractivity contribution is 0.269. The molecule has 0 radical (unpaired) electrons. The Morgan fingerprint density at radius 3 is 2.67 bits per heavy atom. The summed E-state index contributed by atoms with van der Waals surface area (Å²) in [4.78, 5) is 6.38. The van der Waals surface area contributed by atoms with Crippen LogP contribution in [0.3, 0.4) is 0 Å². The molecule has 96 valence electrons. The van der Waals surface area contributed by atoms with Crippen molar-refractivity contribution < 1.29 is 4.42 Å². The van der Waals surface area contributed by atoms with E-state index in [1.165, 1.54) is 11.1 Å². The number of nitrogens with zero attached hydrogens (tertiary/aromatic N) is 2. The van der Waals surface area contributed by atoms with Gasteiger partial charge >= 0.3 is 0 Å². The highest BCUT2D eigenvalue weighted by atomic mass is 16.3. The third kappa shape index (κ3) is 3.18. The molecule has 0 aliphatic heterocycles. The van der Waals surface area contributed by atoms with Crippen LogP contribution in [0.4, 0.5) is 0 Å². The standard InChI is InChI=1S/C14H19N3O/c1-2-17(10-12-3-6-16-7-4-12)11-13-5-8-18-14(13)9-15/h3-8H,2,9-11,15H2,1H3. The Kier molecular flexibility index (Phi) is 4.50. The van der Waals surface area contributed by atoms with Crippen LogP contribution >= 0.6 is 0 Å². The van der Waals surface area contributed by atoms with Gasteiger partial charge in [0.25, 0.3) is 0 Å². The Morgan fingerprint density at radius 2 is 2.00 bits per heavy atom. The van der Waals surface area contributed by atoms with Crippen LogP contribution in [0.15, 0.2) is 41.3 Å². The maximum Gasteiger partial charge on any atom is 0.121 e. The minimum atomic E-state index is 0.454. The number of nitrogens with two attached hydrogens (primary N) is 1. The molecule has 18 heavy (non-hydrogen) atoms. The third-order valence-electron chi connectivity index (χ3n) is 3.02. The van der Waals surface area contributed by atoms with Crippen molar-refractivity contribution in [3.8, 4) is 0 Å². The first-order valence-electron chi connectivity index (χ1n) is 6.20. The molecule has 0 bridgehead atoms. The Hall–Kier alpha value is -1.65. The van der Waals surface area contributed by atoms with E-state index in [1.807, 2.05) is 30.6 Å². The third-order valence-corrected chi connectivity index (χ3v) is 3.02. The van der Waals surface area contributed by atoms with Gasteiger partial charge in [-0.05, 0) is 30.3 Å². The average Bonchev–Trinajstić information content (AvgIpc) is 2.86. The van der Waals surface area contributed by atoms with Crippen LogP contribution in [-0.4, -0.2) is 16.4 Å². The van der Waals surface area contributed by atoms with E-state index < -0.39 is 0 Å². The van der Waals surface area contributed by atoms with Crippen LogP contribution < -0.4 is 5.73 Å². The molecule has 2 aromatic heterocycles. The smallest absolute Gasteiger partial charge is 0.121 e. The number of hydrogen-bond donors (Lipinski definition) is 1. The highest BCUT2D eigenvalue weighted by molar-refractivity contribution is 5.17. The summed E-state index contributed by atoms with van der Waals surface area (Å²) in [6, 6.07) is 6.08. The van der Waals surface area contributed by atoms with E-state index in [0.717, 1.165) is 25.4 Å². The molecule has 0 aliphatic carbocycles. The molecule has 0 amide bonds. The first-order chi connectivity index (χ1) is 8.83. The quantitative estimate of drug-likeness (QED) is 0.847. The van der Waals surface area contributed by atoms with Gasteiger partial charge in [-0.3, -0.25) is 9.88 Å². The van der Waals surface area contributed by atoms with E-state index in [9.17, 15) is 0 Å². The molecule has 4 nitrogen and oxygen atoms in total. The zero-order valence-corrected chi connectivity index (χ0v) is 10.7. The minimum Gasteiger partial charge on any atom is -0.468 e. The van der Waals surface area contributed by atoms with Gasteiger partial charge in [-0.1, -0.05) is 6.92 Å². The molecule has 2 rings (SSSR count). The molecular formula is C14H19N3O. The SMILES string of the molecule is CCN(Cc1ccncc1)Cc1ccoc1CN. The minimum absolute atomic E-state index is 0.454. The molecule has 0 atom stereocenters. The van der Waals surface area contributed by atoms with Gasteiger partial charge in [0.15, 0.2) is 0 Å². The van der Waals surface area contributed by atoms with Gasteiger partial charge in [-0.2, -0.15) is 0 Å². The van der Waals surface area contributed by atoms with Crippen molar-refractivity contribution >= 4 is 0 Å². The summed E-state index contributed by atoms with van der Waals surface area (Å²) in [5, 5.41) is 0. The van der Waals surface area contributed by atoms with E-state index in [2.05, 4.69) is 16.8 Å². The van der Waals surface area contributed by atoms with Crippen LogP contribution in [0.25, 0.3) is 0 Å². The Labute approximate surface area is 107 Å². The lowest BCUT2D eigenvalue weighted by Gasteiger charge is -2.20. The van der Waals surface area contributed by atoms with Gasteiger partial charge in [-0.25, -0.2) is 0 Å². The number of pyridine rings is 1. The van der Waals surface area contributed by atoms with E-state index in [0.29, 0.717) is 6.54 Å². The van der Waals surface area contributed by atoms with Crippen LogP contribution in [-0.2, 0) is 19.6 Å².